The molecule has 0 aliphatic carbocycles. The van der Waals surface area contributed by atoms with Crippen LogP contribution in [0.4, 0.5) is 0 Å². The van der Waals surface area contributed by atoms with Crippen molar-refractivity contribution in [1.29, 1.82) is 0 Å². The van der Waals surface area contributed by atoms with E-state index < -0.39 is 5.97 Å². The summed E-state index contributed by atoms with van der Waals surface area (Å²) in [6.45, 7) is 2.46. The van der Waals surface area contributed by atoms with Crippen molar-refractivity contribution in [2.75, 3.05) is 13.6 Å². The maximum absolute atomic E-state index is 10.8. The predicted molar refractivity (Wildman–Crippen MR) is 108 cm³/mol. The monoisotopic (exact) mass is 417 g/mol. The summed E-state index contributed by atoms with van der Waals surface area (Å²) in [5.74, 6) is -0.0539. The lowest BCUT2D eigenvalue weighted by molar-refractivity contribution is -0.138. The standard InChI is InChI=1S/C19H21Cl2NO3.ClH/c1-13(22(2)11-19(23)24)9-14-3-6-16(7-4-14)25-12-15-5-8-17(20)18(21)10-15;/h3-8,10,13H,9,11-12H2,1-2H3,(H,23,24);1H. The highest BCUT2D eigenvalue weighted by atomic mass is 35.5. The van der Waals surface area contributed by atoms with E-state index >= 15 is 0 Å². The Kier molecular flexibility index (Phi) is 9.23. The number of hydrogen-bond donors (Lipinski definition) is 1. The number of nitrogens with zero attached hydrogens (tertiary/aromatic N) is 1. The van der Waals surface area contributed by atoms with Crippen molar-refractivity contribution in [3.05, 3.63) is 63.6 Å². The van der Waals surface area contributed by atoms with E-state index in [0.717, 1.165) is 23.3 Å². The van der Waals surface area contributed by atoms with E-state index in [-0.39, 0.29) is 25.0 Å². The first-order chi connectivity index (χ1) is 11.8. The third-order valence-electron chi connectivity index (χ3n) is 3.98. The zero-order chi connectivity index (χ0) is 18.4. The van der Waals surface area contributed by atoms with Gasteiger partial charge in [0.2, 0.25) is 0 Å². The topological polar surface area (TPSA) is 49.8 Å². The van der Waals surface area contributed by atoms with Gasteiger partial charge in [-0.15, -0.1) is 12.4 Å². The molecule has 0 saturated carbocycles. The highest BCUT2D eigenvalue weighted by molar-refractivity contribution is 6.42. The number of likely N-dealkylation sites (N-methyl/N-ethyl adjacent to an activating group) is 1. The normalized spacial score (nSPS) is 11.7. The van der Waals surface area contributed by atoms with Crippen LogP contribution in [-0.2, 0) is 17.8 Å². The third kappa shape index (κ3) is 7.04. The SMILES string of the molecule is CC(Cc1ccc(OCc2ccc(Cl)c(Cl)c2)cc1)N(C)CC(=O)O.Cl. The first-order valence-corrected chi connectivity index (χ1v) is 8.68. The molecule has 26 heavy (non-hydrogen) atoms. The Morgan fingerprint density at radius 2 is 1.73 bits per heavy atom. The highest BCUT2D eigenvalue weighted by Gasteiger charge is 2.13. The largest absolute Gasteiger partial charge is 0.489 e. The number of carboxylic acids is 1. The van der Waals surface area contributed by atoms with Gasteiger partial charge in [-0.1, -0.05) is 41.4 Å². The van der Waals surface area contributed by atoms with Gasteiger partial charge in [0, 0.05) is 6.04 Å². The van der Waals surface area contributed by atoms with Crippen molar-refractivity contribution in [3.8, 4) is 5.75 Å². The van der Waals surface area contributed by atoms with E-state index in [1.165, 1.54) is 0 Å². The number of halogens is 3. The molecule has 0 heterocycles. The number of carboxylic acid groups (broad SMARTS) is 1. The van der Waals surface area contributed by atoms with E-state index in [9.17, 15) is 4.79 Å². The third-order valence-corrected chi connectivity index (χ3v) is 4.72. The van der Waals surface area contributed by atoms with Crippen LogP contribution in [0.5, 0.6) is 5.75 Å². The number of rotatable bonds is 8. The zero-order valence-corrected chi connectivity index (χ0v) is 16.9. The van der Waals surface area contributed by atoms with Gasteiger partial charge in [0.25, 0.3) is 0 Å². The van der Waals surface area contributed by atoms with Crippen molar-refractivity contribution in [2.45, 2.75) is 26.0 Å². The number of carbonyl (C=O) groups is 1. The second kappa shape index (κ2) is 10.6. The van der Waals surface area contributed by atoms with Crippen LogP contribution in [0.1, 0.15) is 18.1 Å². The van der Waals surface area contributed by atoms with Crippen molar-refractivity contribution in [3.63, 3.8) is 0 Å². The summed E-state index contributed by atoms with van der Waals surface area (Å²) >= 11 is 11.9. The van der Waals surface area contributed by atoms with Gasteiger partial charge in [0.1, 0.15) is 12.4 Å². The van der Waals surface area contributed by atoms with Crippen LogP contribution >= 0.6 is 35.6 Å². The van der Waals surface area contributed by atoms with Crippen LogP contribution in [-0.4, -0.2) is 35.6 Å². The Labute approximate surface area is 170 Å². The van der Waals surface area contributed by atoms with Crippen molar-refractivity contribution in [2.24, 2.45) is 0 Å². The molecule has 2 aromatic rings. The molecular formula is C19H22Cl3NO3. The Bertz CT molecular complexity index is 722. The van der Waals surface area contributed by atoms with Crippen LogP contribution < -0.4 is 4.74 Å². The first-order valence-electron chi connectivity index (χ1n) is 7.93. The molecule has 142 valence electrons. The smallest absolute Gasteiger partial charge is 0.317 e. The molecule has 0 fully saturated rings. The molecule has 1 N–H and O–H groups in total. The molecule has 2 rings (SSSR count). The van der Waals surface area contributed by atoms with Crippen LogP contribution in [0.15, 0.2) is 42.5 Å². The molecule has 0 saturated heterocycles. The molecule has 1 unspecified atom stereocenters. The lowest BCUT2D eigenvalue weighted by Gasteiger charge is -2.22. The second-order valence-corrected chi connectivity index (χ2v) is 6.86. The molecule has 0 aliphatic heterocycles. The average Bonchev–Trinajstić information content (AvgIpc) is 2.56. The van der Waals surface area contributed by atoms with E-state index in [0.29, 0.717) is 16.7 Å². The minimum absolute atomic E-state index is 0. The Morgan fingerprint density at radius 3 is 2.31 bits per heavy atom. The molecule has 1 atom stereocenters. The fourth-order valence-corrected chi connectivity index (χ4v) is 2.70. The minimum Gasteiger partial charge on any atom is -0.489 e. The first kappa shape index (κ1) is 22.6. The molecule has 2 aromatic carbocycles. The van der Waals surface area contributed by atoms with Gasteiger partial charge in [0.15, 0.2) is 0 Å². The zero-order valence-electron chi connectivity index (χ0n) is 14.6. The van der Waals surface area contributed by atoms with Gasteiger partial charge in [-0.2, -0.15) is 0 Å². The molecule has 0 aromatic heterocycles. The van der Waals surface area contributed by atoms with Crippen LogP contribution in [0.3, 0.4) is 0 Å². The molecule has 0 bridgehead atoms. The predicted octanol–water partition coefficient (Wildman–Crippen LogP) is 4.94. The van der Waals surface area contributed by atoms with Gasteiger partial charge >= 0.3 is 5.97 Å². The van der Waals surface area contributed by atoms with E-state index in [4.69, 9.17) is 33.0 Å². The molecule has 7 heteroatoms. The van der Waals surface area contributed by atoms with Crippen LogP contribution in [0.2, 0.25) is 10.0 Å². The molecule has 0 amide bonds. The average molecular weight is 419 g/mol. The van der Waals surface area contributed by atoms with Crippen LogP contribution in [0.25, 0.3) is 0 Å². The minimum atomic E-state index is -0.819. The van der Waals surface area contributed by atoms with Crippen molar-refractivity contribution >= 4 is 41.6 Å². The van der Waals surface area contributed by atoms with Crippen molar-refractivity contribution in [1.82, 2.24) is 4.90 Å². The molecule has 4 nitrogen and oxygen atoms in total. The summed E-state index contributed by atoms with van der Waals surface area (Å²) in [6, 6.07) is 13.4. The number of benzene rings is 2. The van der Waals surface area contributed by atoms with Gasteiger partial charge in [0.05, 0.1) is 16.6 Å². The fraction of sp³-hybridized carbons (Fsp3) is 0.316. The Morgan fingerprint density at radius 1 is 1.12 bits per heavy atom. The summed E-state index contributed by atoms with van der Waals surface area (Å²) in [7, 11) is 1.81. The van der Waals surface area contributed by atoms with Gasteiger partial charge in [-0.05, 0) is 55.8 Å². The van der Waals surface area contributed by atoms with Crippen molar-refractivity contribution < 1.29 is 14.6 Å². The van der Waals surface area contributed by atoms with Gasteiger partial charge < -0.3 is 9.84 Å². The van der Waals surface area contributed by atoms with Gasteiger partial charge in [-0.3, -0.25) is 9.69 Å². The fourth-order valence-electron chi connectivity index (χ4n) is 2.38. The van der Waals surface area contributed by atoms with E-state index in [2.05, 4.69) is 0 Å². The second-order valence-electron chi connectivity index (χ2n) is 6.04. The van der Waals surface area contributed by atoms with E-state index in [1.54, 1.807) is 12.1 Å². The summed E-state index contributed by atoms with van der Waals surface area (Å²) in [5, 5.41) is 9.88. The van der Waals surface area contributed by atoms with Crippen LogP contribution in [0, 0.1) is 0 Å². The summed E-state index contributed by atoms with van der Waals surface area (Å²) in [5.41, 5.74) is 2.08. The molecule has 0 spiro atoms. The van der Waals surface area contributed by atoms with E-state index in [1.807, 2.05) is 49.2 Å². The Balaban J connectivity index is 0.00000338. The number of aliphatic carboxylic acids is 1. The van der Waals surface area contributed by atoms with Gasteiger partial charge in [-0.25, -0.2) is 0 Å². The summed E-state index contributed by atoms with van der Waals surface area (Å²) < 4.78 is 5.76. The number of hydrogen-bond acceptors (Lipinski definition) is 3. The maximum atomic E-state index is 10.8. The molecule has 0 radical (unpaired) electrons. The number of ether oxygens (including phenoxy) is 1. The molecular weight excluding hydrogens is 397 g/mol. The lowest BCUT2D eigenvalue weighted by Crippen LogP contribution is -2.35. The quantitative estimate of drug-likeness (QED) is 0.659. The lowest BCUT2D eigenvalue weighted by atomic mass is 10.1. The summed E-state index contributed by atoms with van der Waals surface area (Å²) in [4.78, 5) is 12.6. The maximum Gasteiger partial charge on any atom is 0.317 e. The molecule has 0 aliphatic rings. The highest BCUT2D eigenvalue weighted by Crippen LogP contribution is 2.23. The summed E-state index contributed by atoms with van der Waals surface area (Å²) in [6.07, 6.45) is 0.775. The Hall–Kier alpha value is -1.46.